The molecule has 0 spiro atoms. The topological polar surface area (TPSA) is 76.6 Å². The lowest BCUT2D eigenvalue weighted by Crippen LogP contribution is -3.14. The molecule has 0 saturated carbocycles. The summed E-state index contributed by atoms with van der Waals surface area (Å²) in [7, 11) is 0. The molecule has 0 aliphatic carbocycles. The summed E-state index contributed by atoms with van der Waals surface area (Å²) >= 11 is 5.89. The van der Waals surface area contributed by atoms with Crippen LogP contribution in [0.2, 0.25) is 5.02 Å². The van der Waals surface area contributed by atoms with Crippen LogP contribution in [0.1, 0.15) is 18.4 Å². The number of nitrogens with one attached hydrogen (secondary N) is 2. The minimum absolute atomic E-state index is 0.0204. The van der Waals surface area contributed by atoms with Crippen LogP contribution < -0.4 is 16.0 Å². The van der Waals surface area contributed by atoms with Gasteiger partial charge in [0.05, 0.1) is 13.1 Å². The molecule has 1 heterocycles. The fourth-order valence-corrected chi connectivity index (χ4v) is 2.90. The van der Waals surface area contributed by atoms with E-state index in [2.05, 4.69) is 5.32 Å². The number of carbonyl (C=O) groups excluding carboxylic acids is 2. The summed E-state index contributed by atoms with van der Waals surface area (Å²) in [6.45, 7) is 3.93. The standard InChI is InChI=1S/C15H20ClN3O2/c1-10-8-12(16)2-3-13(10)18-14(20)9-19-6-4-11(5-7-19)15(17)21/h2-3,8,11H,4-7,9H2,1H3,(H2,17,21)(H,18,20)/p+1. The van der Waals surface area contributed by atoms with Crippen LogP contribution in [0.4, 0.5) is 5.69 Å². The quantitative estimate of drug-likeness (QED) is 0.751. The predicted octanol–water partition coefficient (Wildman–Crippen LogP) is 0.367. The summed E-state index contributed by atoms with van der Waals surface area (Å²) < 4.78 is 0. The number of anilines is 1. The number of quaternary nitrogens is 1. The zero-order valence-electron chi connectivity index (χ0n) is 12.1. The Morgan fingerprint density at radius 3 is 2.62 bits per heavy atom. The molecule has 2 rings (SSSR count). The number of halogens is 1. The molecule has 1 aromatic carbocycles. The van der Waals surface area contributed by atoms with Crippen molar-refractivity contribution < 1.29 is 14.5 Å². The number of piperidine rings is 1. The van der Waals surface area contributed by atoms with Gasteiger partial charge < -0.3 is 16.0 Å². The first-order chi connectivity index (χ1) is 9.95. The Kier molecular flexibility index (Phi) is 5.20. The lowest BCUT2D eigenvalue weighted by molar-refractivity contribution is -0.897. The van der Waals surface area contributed by atoms with E-state index >= 15 is 0 Å². The van der Waals surface area contributed by atoms with Gasteiger partial charge in [0.15, 0.2) is 6.54 Å². The van der Waals surface area contributed by atoms with Gasteiger partial charge in [0, 0.05) is 29.5 Å². The maximum atomic E-state index is 12.1. The number of benzene rings is 1. The van der Waals surface area contributed by atoms with E-state index in [1.807, 2.05) is 19.1 Å². The zero-order chi connectivity index (χ0) is 15.4. The van der Waals surface area contributed by atoms with Gasteiger partial charge in [-0.05, 0) is 30.7 Å². The van der Waals surface area contributed by atoms with Crippen LogP contribution in [0.3, 0.4) is 0 Å². The molecule has 2 amide bonds. The van der Waals surface area contributed by atoms with Gasteiger partial charge in [-0.2, -0.15) is 0 Å². The molecule has 1 aliphatic rings. The number of aryl methyl sites for hydroxylation is 1. The van der Waals surface area contributed by atoms with Crippen LogP contribution >= 0.6 is 11.6 Å². The monoisotopic (exact) mass is 310 g/mol. The molecule has 0 radical (unpaired) electrons. The van der Waals surface area contributed by atoms with Crippen LogP contribution in [-0.2, 0) is 9.59 Å². The Balaban J connectivity index is 1.84. The van der Waals surface area contributed by atoms with E-state index in [0.29, 0.717) is 11.6 Å². The maximum Gasteiger partial charge on any atom is 0.279 e. The van der Waals surface area contributed by atoms with E-state index in [9.17, 15) is 9.59 Å². The Hall–Kier alpha value is -1.59. The normalized spacial score (nSPS) is 21.8. The lowest BCUT2D eigenvalue weighted by Gasteiger charge is -2.27. The summed E-state index contributed by atoms with van der Waals surface area (Å²) in [5.41, 5.74) is 7.04. The SMILES string of the molecule is Cc1cc(Cl)ccc1NC(=O)C[NH+]1CCC(C(N)=O)CC1. The van der Waals surface area contributed by atoms with E-state index in [-0.39, 0.29) is 17.7 Å². The van der Waals surface area contributed by atoms with E-state index < -0.39 is 0 Å². The molecule has 1 fully saturated rings. The highest BCUT2D eigenvalue weighted by molar-refractivity contribution is 6.30. The van der Waals surface area contributed by atoms with Crippen molar-refractivity contribution in [1.82, 2.24) is 0 Å². The summed E-state index contributed by atoms with van der Waals surface area (Å²) in [6, 6.07) is 5.39. The Bertz CT molecular complexity index is 540. The van der Waals surface area contributed by atoms with Crippen molar-refractivity contribution in [1.29, 1.82) is 0 Å². The number of likely N-dealkylation sites (tertiary alicyclic amines) is 1. The van der Waals surface area contributed by atoms with Crippen molar-refractivity contribution >= 4 is 29.1 Å². The van der Waals surface area contributed by atoms with Crippen molar-refractivity contribution in [3.63, 3.8) is 0 Å². The third-order valence-electron chi connectivity index (χ3n) is 3.97. The highest BCUT2D eigenvalue weighted by Gasteiger charge is 2.27. The predicted molar refractivity (Wildman–Crippen MR) is 82.3 cm³/mol. The van der Waals surface area contributed by atoms with Gasteiger partial charge in [-0.3, -0.25) is 9.59 Å². The highest BCUT2D eigenvalue weighted by atomic mass is 35.5. The van der Waals surface area contributed by atoms with Gasteiger partial charge in [-0.25, -0.2) is 0 Å². The zero-order valence-corrected chi connectivity index (χ0v) is 12.9. The van der Waals surface area contributed by atoms with Gasteiger partial charge >= 0.3 is 0 Å². The average Bonchev–Trinajstić information content (AvgIpc) is 2.42. The molecule has 1 aromatic rings. The summed E-state index contributed by atoms with van der Waals surface area (Å²) in [5, 5.41) is 3.57. The number of carbonyl (C=O) groups is 2. The van der Waals surface area contributed by atoms with Crippen LogP contribution in [-0.4, -0.2) is 31.4 Å². The second-order valence-electron chi connectivity index (χ2n) is 5.61. The minimum Gasteiger partial charge on any atom is -0.369 e. The molecule has 0 unspecified atom stereocenters. The first-order valence-electron chi connectivity index (χ1n) is 7.14. The van der Waals surface area contributed by atoms with Crippen molar-refractivity contribution in [2.45, 2.75) is 19.8 Å². The molecule has 6 heteroatoms. The molecule has 1 saturated heterocycles. The van der Waals surface area contributed by atoms with Crippen LogP contribution in [0.15, 0.2) is 18.2 Å². The second kappa shape index (κ2) is 6.91. The van der Waals surface area contributed by atoms with E-state index in [0.717, 1.165) is 37.2 Å². The first kappa shape index (κ1) is 15.8. The van der Waals surface area contributed by atoms with Gasteiger partial charge in [0.25, 0.3) is 5.91 Å². The molecule has 0 atom stereocenters. The molecule has 0 aromatic heterocycles. The van der Waals surface area contributed by atoms with Gasteiger partial charge in [-0.1, -0.05) is 11.6 Å². The Morgan fingerprint density at radius 2 is 2.05 bits per heavy atom. The molecule has 5 nitrogen and oxygen atoms in total. The maximum absolute atomic E-state index is 12.1. The van der Waals surface area contributed by atoms with Crippen molar-refractivity contribution in [3.8, 4) is 0 Å². The molecule has 4 N–H and O–H groups in total. The van der Waals surface area contributed by atoms with Crippen molar-refractivity contribution in [3.05, 3.63) is 28.8 Å². The lowest BCUT2D eigenvalue weighted by atomic mass is 9.96. The Labute approximate surface area is 129 Å². The number of nitrogens with two attached hydrogens (primary N) is 1. The number of hydrogen-bond acceptors (Lipinski definition) is 2. The molecule has 21 heavy (non-hydrogen) atoms. The third kappa shape index (κ3) is 4.44. The highest BCUT2D eigenvalue weighted by Crippen LogP contribution is 2.19. The van der Waals surface area contributed by atoms with Crippen LogP contribution in [0.5, 0.6) is 0 Å². The number of amides is 2. The number of primary amides is 1. The van der Waals surface area contributed by atoms with Crippen LogP contribution in [0.25, 0.3) is 0 Å². The molecular weight excluding hydrogens is 290 g/mol. The first-order valence-corrected chi connectivity index (χ1v) is 7.52. The van der Waals surface area contributed by atoms with Crippen molar-refractivity contribution in [2.24, 2.45) is 11.7 Å². The van der Waals surface area contributed by atoms with E-state index in [1.54, 1.807) is 6.07 Å². The van der Waals surface area contributed by atoms with Gasteiger partial charge in [0.2, 0.25) is 5.91 Å². The number of rotatable bonds is 4. The van der Waals surface area contributed by atoms with E-state index in [1.165, 1.54) is 4.90 Å². The van der Waals surface area contributed by atoms with Gasteiger partial charge in [-0.15, -0.1) is 0 Å². The molecular formula is C15H21ClN3O2+. The minimum atomic E-state index is -0.227. The third-order valence-corrected chi connectivity index (χ3v) is 4.20. The summed E-state index contributed by atoms with van der Waals surface area (Å²) in [6.07, 6.45) is 1.52. The molecule has 0 bridgehead atoms. The fourth-order valence-electron chi connectivity index (χ4n) is 2.68. The molecule has 1 aliphatic heterocycles. The number of hydrogen-bond donors (Lipinski definition) is 3. The average molecular weight is 311 g/mol. The largest absolute Gasteiger partial charge is 0.369 e. The molecule has 114 valence electrons. The van der Waals surface area contributed by atoms with E-state index in [4.69, 9.17) is 17.3 Å². The van der Waals surface area contributed by atoms with Crippen molar-refractivity contribution in [2.75, 3.05) is 25.0 Å². The second-order valence-corrected chi connectivity index (χ2v) is 6.05. The van der Waals surface area contributed by atoms with Crippen LogP contribution in [0, 0.1) is 12.8 Å². The fraction of sp³-hybridized carbons (Fsp3) is 0.467. The smallest absolute Gasteiger partial charge is 0.279 e. The van der Waals surface area contributed by atoms with Gasteiger partial charge in [0.1, 0.15) is 0 Å². The summed E-state index contributed by atoms with van der Waals surface area (Å²) in [5.74, 6) is -0.279. The summed E-state index contributed by atoms with van der Waals surface area (Å²) in [4.78, 5) is 24.4. The Morgan fingerprint density at radius 1 is 1.38 bits per heavy atom.